The van der Waals surface area contributed by atoms with Crippen molar-refractivity contribution < 1.29 is 13.9 Å². The monoisotopic (exact) mass is 276 g/mol. The SMILES string of the molecule is COc1ccc(Oc2nc(CNC(C)(C)C)co2)cc1. The minimum Gasteiger partial charge on any atom is -0.497 e. The van der Waals surface area contributed by atoms with E-state index in [1.807, 2.05) is 12.1 Å². The predicted molar refractivity (Wildman–Crippen MR) is 76.2 cm³/mol. The van der Waals surface area contributed by atoms with Crippen LogP contribution in [0, 0.1) is 0 Å². The topological polar surface area (TPSA) is 56.5 Å². The molecule has 0 unspecified atom stereocenters. The Morgan fingerprint density at radius 1 is 1.15 bits per heavy atom. The summed E-state index contributed by atoms with van der Waals surface area (Å²) in [4.78, 5) is 4.27. The third-order valence-electron chi connectivity index (χ3n) is 2.60. The van der Waals surface area contributed by atoms with Crippen molar-refractivity contribution in [2.24, 2.45) is 0 Å². The van der Waals surface area contributed by atoms with Crippen molar-refractivity contribution in [1.82, 2.24) is 10.3 Å². The fourth-order valence-corrected chi connectivity index (χ4v) is 1.52. The van der Waals surface area contributed by atoms with Gasteiger partial charge in [0.05, 0.1) is 12.8 Å². The van der Waals surface area contributed by atoms with E-state index in [4.69, 9.17) is 13.9 Å². The van der Waals surface area contributed by atoms with Gasteiger partial charge in [0.2, 0.25) is 0 Å². The molecule has 5 heteroatoms. The molecule has 0 aliphatic rings. The van der Waals surface area contributed by atoms with E-state index in [-0.39, 0.29) is 11.6 Å². The van der Waals surface area contributed by atoms with Crippen LogP contribution in [0.25, 0.3) is 0 Å². The van der Waals surface area contributed by atoms with Gasteiger partial charge in [0.25, 0.3) is 0 Å². The van der Waals surface area contributed by atoms with Crippen LogP contribution in [0.4, 0.5) is 0 Å². The zero-order valence-corrected chi connectivity index (χ0v) is 12.3. The van der Waals surface area contributed by atoms with Gasteiger partial charge in [0, 0.05) is 12.1 Å². The second-order valence-electron chi connectivity index (χ2n) is 5.49. The summed E-state index contributed by atoms with van der Waals surface area (Å²) < 4.78 is 15.9. The summed E-state index contributed by atoms with van der Waals surface area (Å²) in [5, 5.41) is 3.34. The van der Waals surface area contributed by atoms with Crippen LogP contribution in [0.1, 0.15) is 26.5 Å². The Hall–Kier alpha value is -2.01. The number of oxazole rings is 1. The Kier molecular flexibility index (Phi) is 4.29. The zero-order chi connectivity index (χ0) is 14.6. The van der Waals surface area contributed by atoms with E-state index in [0.29, 0.717) is 12.3 Å². The number of rotatable bonds is 5. The van der Waals surface area contributed by atoms with E-state index >= 15 is 0 Å². The second-order valence-corrected chi connectivity index (χ2v) is 5.49. The molecule has 2 aromatic rings. The van der Waals surface area contributed by atoms with Gasteiger partial charge in [-0.2, -0.15) is 4.98 Å². The molecule has 0 aliphatic carbocycles. The third-order valence-corrected chi connectivity index (χ3v) is 2.60. The fourth-order valence-electron chi connectivity index (χ4n) is 1.52. The number of methoxy groups -OCH3 is 1. The molecular weight excluding hydrogens is 256 g/mol. The van der Waals surface area contributed by atoms with E-state index in [1.54, 1.807) is 25.5 Å². The number of hydrogen-bond acceptors (Lipinski definition) is 5. The van der Waals surface area contributed by atoms with Crippen LogP contribution in [0.15, 0.2) is 34.9 Å². The highest BCUT2D eigenvalue weighted by Gasteiger charge is 2.11. The van der Waals surface area contributed by atoms with Gasteiger partial charge in [-0.3, -0.25) is 0 Å². The Balaban J connectivity index is 1.94. The Morgan fingerprint density at radius 2 is 1.80 bits per heavy atom. The summed E-state index contributed by atoms with van der Waals surface area (Å²) in [7, 11) is 1.62. The number of ether oxygens (including phenoxy) is 2. The maximum atomic E-state index is 5.53. The van der Waals surface area contributed by atoms with Crippen LogP contribution < -0.4 is 14.8 Å². The largest absolute Gasteiger partial charge is 0.497 e. The highest BCUT2D eigenvalue weighted by molar-refractivity contribution is 5.32. The molecule has 0 spiro atoms. The predicted octanol–water partition coefficient (Wildman–Crippen LogP) is 3.36. The molecule has 0 atom stereocenters. The average molecular weight is 276 g/mol. The molecule has 0 saturated carbocycles. The highest BCUT2D eigenvalue weighted by atomic mass is 16.6. The fraction of sp³-hybridized carbons (Fsp3) is 0.400. The Labute approximate surface area is 118 Å². The van der Waals surface area contributed by atoms with Crippen LogP contribution in [-0.4, -0.2) is 17.6 Å². The molecule has 5 nitrogen and oxygen atoms in total. The standard InChI is InChI=1S/C15H20N2O3/c1-15(2,3)16-9-11-10-19-14(17-11)20-13-7-5-12(18-4)6-8-13/h5-8,10,16H,9H2,1-4H3. The van der Waals surface area contributed by atoms with Gasteiger partial charge in [-0.15, -0.1) is 0 Å². The molecule has 0 fully saturated rings. The van der Waals surface area contributed by atoms with Gasteiger partial charge < -0.3 is 19.2 Å². The Morgan fingerprint density at radius 3 is 2.40 bits per heavy atom. The maximum Gasteiger partial charge on any atom is 0.399 e. The molecule has 1 heterocycles. The number of benzene rings is 1. The van der Waals surface area contributed by atoms with Gasteiger partial charge >= 0.3 is 6.08 Å². The second kappa shape index (κ2) is 5.96. The zero-order valence-electron chi connectivity index (χ0n) is 12.3. The summed E-state index contributed by atoms with van der Waals surface area (Å²) in [5.41, 5.74) is 0.846. The minimum atomic E-state index is 0.0377. The van der Waals surface area contributed by atoms with Crippen molar-refractivity contribution in [3.05, 3.63) is 36.2 Å². The number of hydrogen-bond donors (Lipinski definition) is 1. The summed E-state index contributed by atoms with van der Waals surface area (Å²) in [6, 6.07) is 7.24. The van der Waals surface area contributed by atoms with Crippen molar-refractivity contribution in [3.8, 4) is 17.6 Å². The summed E-state index contributed by atoms with van der Waals surface area (Å²) in [6.45, 7) is 6.94. The summed E-state index contributed by atoms with van der Waals surface area (Å²) in [6.07, 6.45) is 1.83. The molecule has 0 radical (unpaired) electrons. The van der Waals surface area contributed by atoms with Crippen LogP contribution in [0.5, 0.6) is 17.6 Å². The molecule has 20 heavy (non-hydrogen) atoms. The van der Waals surface area contributed by atoms with Crippen LogP contribution in [0.3, 0.4) is 0 Å². The summed E-state index contributed by atoms with van der Waals surface area (Å²) in [5.74, 6) is 1.43. The van der Waals surface area contributed by atoms with Crippen LogP contribution >= 0.6 is 0 Å². The van der Waals surface area contributed by atoms with Crippen molar-refractivity contribution in [1.29, 1.82) is 0 Å². The highest BCUT2D eigenvalue weighted by Crippen LogP contribution is 2.23. The molecule has 1 aromatic heterocycles. The molecule has 1 N–H and O–H groups in total. The van der Waals surface area contributed by atoms with E-state index in [9.17, 15) is 0 Å². The van der Waals surface area contributed by atoms with E-state index in [0.717, 1.165) is 11.4 Å². The molecule has 108 valence electrons. The number of aromatic nitrogens is 1. The molecule has 1 aromatic carbocycles. The molecule has 0 saturated heterocycles. The lowest BCUT2D eigenvalue weighted by Gasteiger charge is -2.19. The third kappa shape index (κ3) is 4.28. The van der Waals surface area contributed by atoms with Gasteiger partial charge in [-0.05, 0) is 45.0 Å². The normalized spacial score (nSPS) is 11.4. The first-order chi connectivity index (χ1) is 9.46. The molecule has 0 amide bonds. The summed E-state index contributed by atoms with van der Waals surface area (Å²) >= 11 is 0. The van der Waals surface area contributed by atoms with E-state index < -0.39 is 0 Å². The van der Waals surface area contributed by atoms with Gasteiger partial charge in [-0.25, -0.2) is 0 Å². The van der Waals surface area contributed by atoms with Gasteiger partial charge in [-0.1, -0.05) is 0 Å². The lowest BCUT2D eigenvalue weighted by atomic mass is 10.1. The first-order valence-corrected chi connectivity index (χ1v) is 6.47. The van der Waals surface area contributed by atoms with Gasteiger partial charge in [0.1, 0.15) is 17.8 Å². The van der Waals surface area contributed by atoms with Crippen molar-refractivity contribution in [2.45, 2.75) is 32.9 Å². The first kappa shape index (κ1) is 14.4. The molecule has 2 rings (SSSR count). The minimum absolute atomic E-state index is 0.0377. The van der Waals surface area contributed by atoms with Crippen molar-refractivity contribution in [3.63, 3.8) is 0 Å². The average Bonchev–Trinajstić information content (AvgIpc) is 2.84. The van der Waals surface area contributed by atoms with E-state index in [1.165, 1.54) is 0 Å². The van der Waals surface area contributed by atoms with Crippen LogP contribution in [0.2, 0.25) is 0 Å². The molecule has 0 aliphatic heterocycles. The first-order valence-electron chi connectivity index (χ1n) is 6.47. The molecule has 0 bridgehead atoms. The number of nitrogens with one attached hydrogen (secondary N) is 1. The van der Waals surface area contributed by atoms with Crippen LogP contribution in [-0.2, 0) is 6.54 Å². The van der Waals surface area contributed by atoms with Gasteiger partial charge in [0.15, 0.2) is 0 Å². The van der Waals surface area contributed by atoms with Crippen molar-refractivity contribution >= 4 is 0 Å². The lowest BCUT2D eigenvalue weighted by molar-refractivity contribution is 0.330. The lowest BCUT2D eigenvalue weighted by Crippen LogP contribution is -2.35. The van der Waals surface area contributed by atoms with Crippen molar-refractivity contribution in [2.75, 3.05) is 7.11 Å². The smallest absolute Gasteiger partial charge is 0.399 e. The van der Waals surface area contributed by atoms with E-state index in [2.05, 4.69) is 31.1 Å². The number of nitrogens with zero attached hydrogens (tertiary/aromatic N) is 1. The molecular formula is C15H20N2O3. The maximum absolute atomic E-state index is 5.53. The Bertz CT molecular complexity index is 541. The quantitative estimate of drug-likeness (QED) is 0.907.